The van der Waals surface area contributed by atoms with Gasteiger partial charge in [-0.3, -0.25) is 4.79 Å². The summed E-state index contributed by atoms with van der Waals surface area (Å²) < 4.78 is 0. The molecule has 174 valence electrons. The molecule has 1 heterocycles. The molecule has 2 atom stereocenters. The highest BCUT2D eigenvalue weighted by Gasteiger charge is 2.28. The summed E-state index contributed by atoms with van der Waals surface area (Å²) in [5, 5.41) is 19.8. The van der Waals surface area contributed by atoms with Gasteiger partial charge in [-0.05, 0) is 59.7 Å². The van der Waals surface area contributed by atoms with Gasteiger partial charge >= 0.3 is 5.97 Å². The lowest BCUT2D eigenvalue weighted by atomic mass is 10.00. The van der Waals surface area contributed by atoms with Crippen LogP contribution in [0.2, 0.25) is 0 Å². The van der Waals surface area contributed by atoms with Gasteiger partial charge in [0.2, 0.25) is 5.91 Å². The molecule has 5 nitrogen and oxygen atoms in total. The maximum atomic E-state index is 12.4. The number of benzene rings is 3. The first-order valence-electron chi connectivity index (χ1n) is 11.6. The predicted octanol–water partition coefficient (Wildman–Crippen LogP) is 5.27. The van der Waals surface area contributed by atoms with Gasteiger partial charge in [0.05, 0.1) is 17.7 Å². The predicted molar refractivity (Wildman–Crippen MR) is 132 cm³/mol. The number of carbonyl (C=O) groups excluding carboxylic acids is 1. The number of aliphatic hydroxyl groups is 1. The zero-order valence-electron chi connectivity index (χ0n) is 19.0. The topological polar surface area (TPSA) is 77.8 Å². The molecule has 1 amide bonds. The van der Waals surface area contributed by atoms with Crippen molar-refractivity contribution in [3.8, 4) is 11.1 Å². The molecule has 0 spiro atoms. The lowest BCUT2D eigenvalue weighted by Crippen LogP contribution is -2.33. The van der Waals surface area contributed by atoms with Crippen LogP contribution in [0.1, 0.15) is 46.9 Å². The third kappa shape index (κ3) is 5.80. The van der Waals surface area contributed by atoms with E-state index in [-0.39, 0.29) is 17.5 Å². The average Bonchev–Trinajstić information content (AvgIpc) is 3.22. The first-order chi connectivity index (χ1) is 16.5. The van der Waals surface area contributed by atoms with E-state index >= 15 is 0 Å². The molecule has 3 aromatic rings. The van der Waals surface area contributed by atoms with Gasteiger partial charge in [0.15, 0.2) is 0 Å². The third-order valence-corrected chi connectivity index (χ3v) is 6.29. The van der Waals surface area contributed by atoms with E-state index in [2.05, 4.69) is 0 Å². The lowest BCUT2D eigenvalue weighted by Gasteiger charge is -2.23. The van der Waals surface area contributed by atoms with Gasteiger partial charge in [0, 0.05) is 13.0 Å². The molecule has 0 bridgehead atoms. The highest BCUT2D eigenvalue weighted by Crippen LogP contribution is 2.26. The van der Waals surface area contributed by atoms with Gasteiger partial charge in [0.25, 0.3) is 0 Å². The van der Waals surface area contributed by atoms with Gasteiger partial charge in [-0.15, -0.1) is 0 Å². The van der Waals surface area contributed by atoms with Crippen molar-refractivity contribution in [1.82, 2.24) is 4.90 Å². The van der Waals surface area contributed by atoms with Crippen LogP contribution in [0.5, 0.6) is 0 Å². The van der Waals surface area contributed by atoms with Crippen molar-refractivity contribution in [1.29, 1.82) is 0 Å². The highest BCUT2D eigenvalue weighted by molar-refractivity contribution is 5.87. The van der Waals surface area contributed by atoms with Crippen LogP contribution in [0.4, 0.5) is 0 Å². The van der Waals surface area contributed by atoms with Crippen molar-refractivity contribution in [2.24, 2.45) is 0 Å². The number of hydrogen-bond donors (Lipinski definition) is 2. The van der Waals surface area contributed by atoms with Crippen molar-refractivity contribution in [2.45, 2.75) is 37.8 Å². The van der Waals surface area contributed by atoms with E-state index in [1.54, 1.807) is 18.2 Å². The molecule has 5 heteroatoms. The molecular weight excluding hydrogens is 426 g/mol. The molecule has 0 aliphatic carbocycles. The van der Waals surface area contributed by atoms with Gasteiger partial charge < -0.3 is 15.1 Å². The van der Waals surface area contributed by atoms with Crippen LogP contribution in [0.25, 0.3) is 11.1 Å². The maximum absolute atomic E-state index is 12.4. The number of carbonyl (C=O) groups is 2. The highest BCUT2D eigenvalue weighted by atomic mass is 16.4. The Morgan fingerprint density at radius 2 is 1.74 bits per heavy atom. The first-order valence-corrected chi connectivity index (χ1v) is 11.6. The molecule has 4 rings (SSSR count). The van der Waals surface area contributed by atoms with Crippen LogP contribution < -0.4 is 0 Å². The Morgan fingerprint density at radius 1 is 1.00 bits per heavy atom. The van der Waals surface area contributed by atoms with Gasteiger partial charge in [-0.2, -0.15) is 0 Å². The number of aliphatic hydroxyl groups excluding tert-OH is 1. The van der Waals surface area contributed by atoms with E-state index in [0.717, 1.165) is 41.5 Å². The number of carboxylic acid groups (broad SMARTS) is 1. The van der Waals surface area contributed by atoms with E-state index < -0.39 is 12.1 Å². The molecule has 0 saturated carbocycles. The van der Waals surface area contributed by atoms with Crippen molar-refractivity contribution >= 4 is 11.9 Å². The normalized spacial score (nSPS) is 16.8. The number of likely N-dealkylation sites (tertiary alicyclic amines) is 1. The fraction of sp³-hybridized carbons (Fsp3) is 0.241. The average molecular weight is 456 g/mol. The number of carboxylic acids is 1. The molecule has 1 aliphatic rings. The minimum atomic E-state index is -0.933. The van der Waals surface area contributed by atoms with Crippen molar-refractivity contribution in [2.75, 3.05) is 6.54 Å². The second kappa shape index (κ2) is 10.9. The first kappa shape index (κ1) is 23.5. The number of hydrogen-bond acceptors (Lipinski definition) is 3. The third-order valence-electron chi connectivity index (χ3n) is 6.29. The standard InChI is InChI=1S/C29H29NO4/c31-27(25-10-4-9-24(20-25)22-7-2-1-3-8-22)17-15-26-16-18-28(32)30(26)19-5-6-21-11-13-23(14-12-21)29(33)34/h1-4,7-15,17,20,26-27,31H,5-6,16,18-19H2,(H,33,34)/b17-15+. The van der Waals surface area contributed by atoms with Gasteiger partial charge in [-0.1, -0.05) is 72.8 Å². The van der Waals surface area contributed by atoms with E-state index in [1.165, 1.54) is 0 Å². The summed E-state index contributed by atoms with van der Waals surface area (Å²) in [7, 11) is 0. The van der Waals surface area contributed by atoms with E-state index in [9.17, 15) is 14.7 Å². The zero-order chi connectivity index (χ0) is 23.9. The molecule has 0 radical (unpaired) electrons. The fourth-order valence-electron chi connectivity index (χ4n) is 4.39. The summed E-state index contributed by atoms with van der Waals surface area (Å²) in [5.41, 5.74) is 4.30. The van der Waals surface area contributed by atoms with E-state index in [0.29, 0.717) is 13.0 Å². The number of nitrogens with zero attached hydrogens (tertiary/aromatic N) is 1. The largest absolute Gasteiger partial charge is 0.478 e. The molecule has 1 fully saturated rings. The van der Waals surface area contributed by atoms with Crippen LogP contribution >= 0.6 is 0 Å². The number of aryl methyl sites for hydroxylation is 1. The quantitative estimate of drug-likeness (QED) is 0.431. The van der Waals surface area contributed by atoms with Crippen molar-refractivity contribution in [3.63, 3.8) is 0 Å². The summed E-state index contributed by atoms with van der Waals surface area (Å²) >= 11 is 0. The van der Waals surface area contributed by atoms with Crippen molar-refractivity contribution < 1.29 is 19.8 Å². The Morgan fingerprint density at radius 3 is 2.47 bits per heavy atom. The molecule has 3 aromatic carbocycles. The second-order valence-electron chi connectivity index (χ2n) is 8.62. The number of amides is 1. The van der Waals surface area contributed by atoms with Crippen LogP contribution in [-0.2, 0) is 11.2 Å². The lowest BCUT2D eigenvalue weighted by molar-refractivity contribution is -0.128. The minimum Gasteiger partial charge on any atom is -0.478 e. The van der Waals surface area contributed by atoms with Gasteiger partial charge in [-0.25, -0.2) is 4.79 Å². The molecule has 34 heavy (non-hydrogen) atoms. The molecule has 0 aromatic heterocycles. The molecular formula is C29H29NO4. The second-order valence-corrected chi connectivity index (χ2v) is 8.62. The monoisotopic (exact) mass is 455 g/mol. The number of aromatic carboxylic acids is 1. The smallest absolute Gasteiger partial charge is 0.335 e. The summed E-state index contributed by atoms with van der Waals surface area (Å²) in [4.78, 5) is 25.3. The Kier molecular flexibility index (Phi) is 7.55. The Labute approximate surface area is 200 Å². The zero-order valence-corrected chi connectivity index (χ0v) is 19.0. The van der Waals surface area contributed by atoms with Crippen LogP contribution in [0, 0.1) is 0 Å². The maximum Gasteiger partial charge on any atom is 0.335 e. The van der Waals surface area contributed by atoms with Crippen molar-refractivity contribution in [3.05, 3.63) is 108 Å². The van der Waals surface area contributed by atoms with E-state index in [1.807, 2.05) is 77.7 Å². The summed E-state index contributed by atoms with van der Waals surface area (Å²) in [6.07, 6.45) is 5.83. The molecule has 1 saturated heterocycles. The van der Waals surface area contributed by atoms with E-state index in [4.69, 9.17) is 5.11 Å². The van der Waals surface area contributed by atoms with Crippen LogP contribution in [-0.4, -0.2) is 39.6 Å². The summed E-state index contributed by atoms with van der Waals surface area (Å²) in [5.74, 6) is -0.797. The Hall–Kier alpha value is -3.70. The van der Waals surface area contributed by atoms with Gasteiger partial charge in [0.1, 0.15) is 0 Å². The number of rotatable bonds is 9. The fourth-order valence-corrected chi connectivity index (χ4v) is 4.39. The van der Waals surface area contributed by atoms with Crippen LogP contribution in [0.3, 0.4) is 0 Å². The Bertz CT molecular complexity index is 1150. The Balaban J connectivity index is 1.35. The summed E-state index contributed by atoms with van der Waals surface area (Å²) in [6.45, 7) is 0.633. The molecule has 1 aliphatic heterocycles. The molecule has 2 unspecified atom stereocenters. The van der Waals surface area contributed by atoms with Crippen LogP contribution in [0.15, 0.2) is 91.0 Å². The minimum absolute atomic E-state index is 0.0196. The summed E-state index contributed by atoms with van der Waals surface area (Å²) in [6, 6.07) is 24.8. The molecule has 2 N–H and O–H groups in total. The SMILES string of the molecule is O=C(O)c1ccc(CCCN2C(=O)CCC2/C=C/C(O)c2cccc(-c3ccccc3)c2)cc1.